The van der Waals surface area contributed by atoms with E-state index >= 15 is 0 Å². The summed E-state index contributed by atoms with van der Waals surface area (Å²) in [6.45, 7) is 0.986. The molecule has 0 aliphatic rings. The van der Waals surface area contributed by atoms with Gasteiger partial charge in [0, 0.05) is 12.6 Å². The van der Waals surface area contributed by atoms with E-state index in [0.29, 0.717) is 18.8 Å². The zero-order chi connectivity index (χ0) is 10.6. The van der Waals surface area contributed by atoms with Crippen LogP contribution in [-0.4, -0.2) is 35.3 Å². The topological polar surface area (TPSA) is 73.9 Å². The molecule has 0 spiro atoms. The van der Waals surface area contributed by atoms with Crippen LogP contribution in [-0.2, 0) is 6.54 Å². The van der Waals surface area contributed by atoms with Crippen LogP contribution in [0.3, 0.4) is 0 Å². The molecule has 0 aliphatic heterocycles. The van der Waals surface area contributed by atoms with Crippen molar-refractivity contribution in [1.29, 1.82) is 0 Å². The number of likely N-dealkylation sites (N-methyl/N-ethyl adjacent to an activating group) is 1. The second-order valence-electron chi connectivity index (χ2n) is 3.06. The van der Waals surface area contributed by atoms with Gasteiger partial charge in [0.1, 0.15) is 12.0 Å². The van der Waals surface area contributed by atoms with Crippen molar-refractivity contribution in [3.05, 3.63) is 28.3 Å². The van der Waals surface area contributed by atoms with Crippen LogP contribution in [0.4, 0.5) is 0 Å². The molecule has 0 unspecified atom stereocenters. The lowest BCUT2D eigenvalue weighted by molar-refractivity contribution is 0.206. The number of aliphatic hydroxyl groups is 1. The highest BCUT2D eigenvalue weighted by atomic mass is 16.4. The molecule has 0 aromatic carbocycles. The van der Waals surface area contributed by atoms with Gasteiger partial charge in [0.2, 0.25) is 5.43 Å². The first-order valence-electron chi connectivity index (χ1n) is 4.23. The normalized spacial score (nSPS) is 10.8. The zero-order valence-electron chi connectivity index (χ0n) is 7.93. The summed E-state index contributed by atoms with van der Waals surface area (Å²) in [6, 6.07) is 1.24. The van der Waals surface area contributed by atoms with Crippen molar-refractivity contribution in [1.82, 2.24) is 4.90 Å². The van der Waals surface area contributed by atoms with Gasteiger partial charge in [0.15, 0.2) is 5.75 Å². The van der Waals surface area contributed by atoms with Crippen LogP contribution in [0.15, 0.2) is 21.5 Å². The van der Waals surface area contributed by atoms with Gasteiger partial charge in [0.05, 0.1) is 13.2 Å². The van der Waals surface area contributed by atoms with Crippen molar-refractivity contribution in [3.63, 3.8) is 0 Å². The van der Waals surface area contributed by atoms with E-state index in [2.05, 4.69) is 0 Å². The summed E-state index contributed by atoms with van der Waals surface area (Å²) in [7, 11) is 1.79. The lowest BCUT2D eigenvalue weighted by Crippen LogP contribution is -2.22. The smallest absolute Gasteiger partial charge is 0.226 e. The standard InChI is InChI=1S/C9H13NO4/c1-10(2-3-11)5-7-4-8(12)9(13)6-14-7/h4,6,11,13H,2-3,5H2,1H3. The number of hydrogen-bond acceptors (Lipinski definition) is 5. The first-order valence-corrected chi connectivity index (χ1v) is 4.23. The molecule has 14 heavy (non-hydrogen) atoms. The summed E-state index contributed by atoms with van der Waals surface area (Å²) < 4.78 is 4.98. The summed E-state index contributed by atoms with van der Waals surface area (Å²) in [5, 5.41) is 17.6. The Bertz CT molecular complexity index is 347. The van der Waals surface area contributed by atoms with Crippen LogP contribution in [0, 0.1) is 0 Å². The van der Waals surface area contributed by atoms with Gasteiger partial charge in [-0.25, -0.2) is 0 Å². The first kappa shape index (κ1) is 10.7. The maximum absolute atomic E-state index is 11.0. The Kier molecular flexibility index (Phi) is 3.67. The highest BCUT2D eigenvalue weighted by molar-refractivity contribution is 5.15. The molecule has 0 radical (unpaired) electrons. The third kappa shape index (κ3) is 2.86. The van der Waals surface area contributed by atoms with E-state index in [0.717, 1.165) is 6.26 Å². The Balaban J connectivity index is 2.68. The van der Waals surface area contributed by atoms with Gasteiger partial charge < -0.3 is 14.6 Å². The minimum Gasteiger partial charge on any atom is -0.502 e. The molecule has 0 amide bonds. The number of aromatic hydroxyl groups is 1. The van der Waals surface area contributed by atoms with E-state index in [-0.39, 0.29) is 6.61 Å². The Morgan fingerprint density at radius 3 is 2.86 bits per heavy atom. The minimum atomic E-state index is -0.455. The van der Waals surface area contributed by atoms with Crippen LogP contribution >= 0.6 is 0 Å². The molecule has 0 fully saturated rings. The molecule has 0 atom stereocenters. The number of rotatable bonds is 4. The minimum absolute atomic E-state index is 0.0544. The molecule has 1 rings (SSSR count). The van der Waals surface area contributed by atoms with Crippen LogP contribution in [0.1, 0.15) is 5.76 Å². The highest BCUT2D eigenvalue weighted by Crippen LogP contribution is 2.05. The maximum Gasteiger partial charge on any atom is 0.226 e. The Hall–Kier alpha value is -1.33. The van der Waals surface area contributed by atoms with Gasteiger partial charge >= 0.3 is 0 Å². The number of aliphatic hydroxyl groups excluding tert-OH is 1. The van der Waals surface area contributed by atoms with E-state index in [1.807, 2.05) is 0 Å². The van der Waals surface area contributed by atoms with E-state index in [9.17, 15) is 4.79 Å². The van der Waals surface area contributed by atoms with E-state index in [4.69, 9.17) is 14.6 Å². The first-order chi connectivity index (χ1) is 6.63. The Labute approximate surface area is 81.2 Å². The van der Waals surface area contributed by atoms with E-state index < -0.39 is 11.2 Å². The fraction of sp³-hybridized carbons (Fsp3) is 0.444. The molecular formula is C9H13NO4. The molecule has 0 saturated carbocycles. The lowest BCUT2D eigenvalue weighted by Gasteiger charge is -2.13. The second-order valence-corrected chi connectivity index (χ2v) is 3.06. The molecule has 1 heterocycles. The van der Waals surface area contributed by atoms with Crippen molar-refractivity contribution in [2.75, 3.05) is 20.2 Å². The molecule has 1 aromatic heterocycles. The van der Waals surface area contributed by atoms with Crippen LogP contribution in [0.2, 0.25) is 0 Å². The van der Waals surface area contributed by atoms with E-state index in [1.54, 1.807) is 11.9 Å². The van der Waals surface area contributed by atoms with E-state index in [1.165, 1.54) is 6.07 Å². The average molecular weight is 199 g/mol. The number of hydrogen-bond donors (Lipinski definition) is 2. The van der Waals surface area contributed by atoms with Gasteiger partial charge in [0.25, 0.3) is 0 Å². The summed E-state index contributed by atoms with van der Waals surface area (Å²) in [6.07, 6.45) is 1.02. The van der Waals surface area contributed by atoms with Crippen molar-refractivity contribution in [2.45, 2.75) is 6.54 Å². The molecule has 1 aromatic rings. The summed E-state index contributed by atoms with van der Waals surface area (Å²) in [5.74, 6) is 0.0716. The number of nitrogens with zero attached hydrogens (tertiary/aromatic N) is 1. The van der Waals surface area contributed by atoms with Crippen LogP contribution in [0.25, 0.3) is 0 Å². The molecule has 0 bridgehead atoms. The molecule has 5 nitrogen and oxygen atoms in total. The average Bonchev–Trinajstić information content (AvgIpc) is 2.12. The SMILES string of the molecule is CN(CCO)Cc1cc(=O)c(O)co1. The van der Waals surface area contributed by atoms with Gasteiger partial charge in [-0.1, -0.05) is 0 Å². The quantitative estimate of drug-likeness (QED) is 0.700. The molecule has 0 aliphatic carbocycles. The fourth-order valence-corrected chi connectivity index (χ4v) is 1.04. The van der Waals surface area contributed by atoms with Crippen molar-refractivity contribution < 1.29 is 14.6 Å². The molecular weight excluding hydrogens is 186 g/mol. The summed E-state index contributed by atoms with van der Waals surface area (Å²) in [4.78, 5) is 12.8. The highest BCUT2D eigenvalue weighted by Gasteiger charge is 2.04. The Morgan fingerprint density at radius 2 is 2.29 bits per heavy atom. The molecule has 0 saturated heterocycles. The fourth-order valence-electron chi connectivity index (χ4n) is 1.04. The van der Waals surface area contributed by atoms with Crippen LogP contribution in [0.5, 0.6) is 5.75 Å². The maximum atomic E-state index is 11.0. The largest absolute Gasteiger partial charge is 0.502 e. The van der Waals surface area contributed by atoms with Crippen LogP contribution < -0.4 is 5.43 Å². The summed E-state index contributed by atoms with van der Waals surface area (Å²) in [5.41, 5.74) is -0.455. The monoisotopic (exact) mass is 199 g/mol. The predicted molar refractivity (Wildman–Crippen MR) is 50.1 cm³/mol. The lowest BCUT2D eigenvalue weighted by atomic mass is 10.3. The van der Waals surface area contributed by atoms with Crippen molar-refractivity contribution in [3.8, 4) is 5.75 Å². The van der Waals surface area contributed by atoms with Gasteiger partial charge in [-0.15, -0.1) is 0 Å². The Morgan fingerprint density at radius 1 is 1.57 bits per heavy atom. The predicted octanol–water partition coefficient (Wildman–Crippen LogP) is -0.230. The second kappa shape index (κ2) is 4.78. The van der Waals surface area contributed by atoms with Crippen molar-refractivity contribution in [2.24, 2.45) is 0 Å². The third-order valence-electron chi connectivity index (χ3n) is 1.77. The molecule has 78 valence electrons. The van der Waals surface area contributed by atoms with Gasteiger partial charge in [-0.05, 0) is 7.05 Å². The summed E-state index contributed by atoms with van der Waals surface area (Å²) >= 11 is 0. The third-order valence-corrected chi connectivity index (χ3v) is 1.77. The zero-order valence-corrected chi connectivity index (χ0v) is 7.93. The van der Waals surface area contributed by atoms with Gasteiger partial charge in [-0.2, -0.15) is 0 Å². The van der Waals surface area contributed by atoms with Crippen molar-refractivity contribution >= 4 is 0 Å². The molecule has 2 N–H and O–H groups in total. The molecule has 5 heteroatoms. The van der Waals surface area contributed by atoms with Gasteiger partial charge in [-0.3, -0.25) is 9.69 Å².